The minimum Gasteiger partial charge on any atom is -0.494 e. The largest absolute Gasteiger partial charge is 0.494 e. The minimum atomic E-state index is -0.00281. The minimum absolute atomic E-state index is 0.00281. The number of methoxy groups -OCH3 is 1. The summed E-state index contributed by atoms with van der Waals surface area (Å²) in [5, 5.41) is 1.56. The summed E-state index contributed by atoms with van der Waals surface area (Å²) in [5.74, 6) is 2.01. The molecule has 1 aromatic heterocycles. The lowest BCUT2D eigenvalue weighted by Crippen LogP contribution is -2.48. The number of hydrogen-bond acceptors (Lipinski definition) is 7. The van der Waals surface area contributed by atoms with Gasteiger partial charge in [-0.1, -0.05) is 22.9 Å². The normalized spacial score (nSPS) is 15.8. The van der Waals surface area contributed by atoms with E-state index in [0.717, 1.165) is 15.3 Å². The SMILES string of the molecule is COc1ccc(Cl)c2sc(N3CCN(C(=O)c4ccc5c(c4)OCO5)CC3)nc12. The molecule has 0 unspecified atom stereocenters. The Hall–Kier alpha value is -2.71. The van der Waals surface area contributed by atoms with Crippen molar-refractivity contribution in [3.05, 3.63) is 40.9 Å². The average Bonchev–Trinajstić information content (AvgIpc) is 3.41. The molecule has 1 saturated heterocycles. The molecule has 0 saturated carbocycles. The van der Waals surface area contributed by atoms with Crippen LogP contribution >= 0.6 is 22.9 Å². The Labute approximate surface area is 176 Å². The summed E-state index contributed by atoms with van der Waals surface area (Å²) in [6.07, 6.45) is 0. The van der Waals surface area contributed by atoms with Gasteiger partial charge in [0.05, 0.1) is 16.8 Å². The first kappa shape index (κ1) is 18.3. The number of ether oxygens (including phenoxy) is 3. The van der Waals surface area contributed by atoms with E-state index >= 15 is 0 Å². The van der Waals surface area contributed by atoms with Gasteiger partial charge in [-0.3, -0.25) is 4.79 Å². The van der Waals surface area contributed by atoms with Crippen LogP contribution < -0.4 is 19.1 Å². The molecule has 3 aromatic rings. The van der Waals surface area contributed by atoms with E-state index in [1.54, 1.807) is 36.6 Å². The van der Waals surface area contributed by atoms with Crippen molar-refractivity contribution in [3.63, 3.8) is 0 Å². The highest BCUT2D eigenvalue weighted by Crippen LogP contribution is 2.39. The van der Waals surface area contributed by atoms with Crippen LogP contribution in [0.3, 0.4) is 0 Å². The molecule has 3 heterocycles. The van der Waals surface area contributed by atoms with E-state index < -0.39 is 0 Å². The molecule has 2 aliphatic rings. The van der Waals surface area contributed by atoms with Gasteiger partial charge in [-0.25, -0.2) is 4.98 Å². The summed E-state index contributed by atoms with van der Waals surface area (Å²) < 4.78 is 17.0. The van der Waals surface area contributed by atoms with Crippen molar-refractivity contribution in [1.82, 2.24) is 9.88 Å². The number of aromatic nitrogens is 1. The number of carbonyl (C=O) groups is 1. The number of benzene rings is 2. The number of rotatable bonds is 3. The van der Waals surface area contributed by atoms with E-state index in [1.165, 1.54) is 0 Å². The first-order valence-electron chi connectivity index (χ1n) is 9.21. The molecule has 0 bridgehead atoms. The van der Waals surface area contributed by atoms with Crippen molar-refractivity contribution in [1.29, 1.82) is 0 Å². The Bertz CT molecular complexity index is 1090. The lowest BCUT2D eigenvalue weighted by atomic mass is 10.1. The van der Waals surface area contributed by atoms with Crippen molar-refractivity contribution in [2.45, 2.75) is 0 Å². The Kier molecular flexibility index (Phi) is 4.60. The molecule has 9 heteroatoms. The van der Waals surface area contributed by atoms with Crippen molar-refractivity contribution in [2.75, 3.05) is 45.0 Å². The smallest absolute Gasteiger partial charge is 0.254 e. The van der Waals surface area contributed by atoms with Gasteiger partial charge in [0.25, 0.3) is 5.91 Å². The molecule has 2 aromatic carbocycles. The van der Waals surface area contributed by atoms with Crippen molar-refractivity contribution in [2.24, 2.45) is 0 Å². The van der Waals surface area contributed by atoms with Crippen LogP contribution in [0.2, 0.25) is 5.02 Å². The highest BCUT2D eigenvalue weighted by atomic mass is 35.5. The molecule has 5 rings (SSSR count). The fourth-order valence-corrected chi connectivity index (χ4v) is 4.86. The second-order valence-corrected chi connectivity index (χ2v) is 8.16. The number of fused-ring (bicyclic) bond motifs is 2. The lowest BCUT2D eigenvalue weighted by molar-refractivity contribution is 0.0746. The predicted octanol–water partition coefficient (Wildman–Crippen LogP) is 3.65. The number of carbonyl (C=O) groups excluding carboxylic acids is 1. The van der Waals surface area contributed by atoms with Crippen LogP contribution in [0.15, 0.2) is 30.3 Å². The molecule has 0 radical (unpaired) electrons. The zero-order valence-electron chi connectivity index (χ0n) is 15.7. The van der Waals surface area contributed by atoms with E-state index in [0.29, 0.717) is 54.0 Å². The maximum Gasteiger partial charge on any atom is 0.254 e. The summed E-state index contributed by atoms with van der Waals surface area (Å²) in [5.41, 5.74) is 1.39. The van der Waals surface area contributed by atoms with Crippen LogP contribution in [0.25, 0.3) is 10.2 Å². The first-order chi connectivity index (χ1) is 14.1. The van der Waals surface area contributed by atoms with Crippen LogP contribution in [0.5, 0.6) is 17.2 Å². The summed E-state index contributed by atoms with van der Waals surface area (Å²) >= 11 is 7.88. The Balaban J connectivity index is 1.31. The first-order valence-corrected chi connectivity index (χ1v) is 10.4. The zero-order valence-corrected chi connectivity index (χ0v) is 17.3. The number of hydrogen-bond donors (Lipinski definition) is 0. The van der Waals surface area contributed by atoms with Gasteiger partial charge >= 0.3 is 0 Å². The number of anilines is 1. The van der Waals surface area contributed by atoms with Crippen LogP contribution in [-0.4, -0.2) is 55.9 Å². The van der Waals surface area contributed by atoms with Crippen molar-refractivity contribution < 1.29 is 19.0 Å². The molecular formula is C20H18ClN3O4S. The monoisotopic (exact) mass is 431 g/mol. The van der Waals surface area contributed by atoms with Crippen molar-refractivity contribution >= 4 is 44.2 Å². The highest BCUT2D eigenvalue weighted by Gasteiger charge is 2.26. The fourth-order valence-electron chi connectivity index (χ4n) is 3.55. The molecule has 0 atom stereocenters. The zero-order chi connectivity index (χ0) is 20.0. The van der Waals surface area contributed by atoms with E-state index in [-0.39, 0.29) is 12.7 Å². The number of halogens is 1. The van der Waals surface area contributed by atoms with Crippen LogP contribution in [0.1, 0.15) is 10.4 Å². The fraction of sp³-hybridized carbons (Fsp3) is 0.300. The second kappa shape index (κ2) is 7.27. The van der Waals surface area contributed by atoms with Gasteiger partial charge in [0.1, 0.15) is 11.3 Å². The van der Waals surface area contributed by atoms with E-state index in [9.17, 15) is 4.79 Å². The van der Waals surface area contributed by atoms with Crippen LogP contribution in [0, 0.1) is 0 Å². The molecular weight excluding hydrogens is 414 g/mol. The molecule has 29 heavy (non-hydrogen) atoms. The molecule has 0 spiro atoms. The maximum atomic E-state index is 12.9. The third-order valence-corrected chi connectivity index (χ3v) is 6.70. The van der Waals surface area contributed by atoms with Gasteiger partial charge in [-0.2, -0.15) is 0 Å². The molecule has 2 aliphatic heterocycles. The molecule has 1 amide bonds. The summed E-state index contributed by atoms with van der Waals surface area (Å²) in [4.78, 5) is 21.7. The van der Waals surface area contributed by atoms with Gasteiger partial charge in [0.2, 0.25) is 6.79 Å². The summed E-state index contributed by atoms with van der Waals surface area (Å²) in [6.45, 7) is 2.84. The molecule has 0 aliphatic carbocycles. The van der Waals surface area contributed by atoms with Gasteiger partial charge in [0, 0.05) is 31.7 Å². The quantitative estimate of drug-likeness (QED) is 0.630. The van der Waals surface area contributed by atoms with E-state index in [2.05, 4.69) is 4.90 Å². The van der Waals surface area contributed by atoms with Gasteiger partial charge in [0.15, 0.2) is 16.6 Å². The topological polar surface area (TPSA) is 64.1 Å². The maximum absolute atomic E-state index is 12.9. The van der Waals surface area contributed by atoms with Crippen LogP contribution in [0.4, 0.5) is 5.13 Å². The van der Waals surface area contributed by atoms with Crippen molar-refractivity contribution in [3.8, 4) is 17.2 Å². The molecule has 0 N–H and O–H groups in total. The third kappa shape index (κ3) is 3.22. The Morgan fingerprint density at radius 2 is 1.93 bits per heavy atom. The van der Waals surface area contributed by atoms with Gasteiger partial charge < -0.3 is 24.0 Å². The average molecular weight is 432 g/mol. The predicted molar refractivity (Wildman–Crippen MR) is 112 cm³/mol. The number of nitrogens with zero attached hydrogens (tertiary/aromatic N) is 3. The highest BCUT2D eigenvalue weighted by molar-refractivity contribution is 7.22. The van der Waals surface area contributed by atoms with E-state index in [1.807, 2.05) is 17.0 Å². The number of amides is 1. The molecule has 150 valence electrons. The Morgan fingerprint density at radius 3 is 2.72 bits per heavy atom. The number of piperazine rings is 1. The van der Waals surface area contributed by atoms with Crippen LogP contribution in [-0.2, 0) is 0 Å². The standard InChI is InChI=1S/C20H18ClN3O4S/c1-26-15-5-3-13(21)18-17(15)22-20(29-18)24-8-6-23(7-9-24)19(25)12-2-4-14-16(10-12)28-11-27-14/h2-5,10H,6-9,11H2,1H3. The van der Waals surface area contributed by atoms with Gasteiger partial charge in [-0.15, -0.1) is 0 Å². The Morgan fingerprint density at radius 1 is 1.14 bits per heavy atom. The number of thiazole rings is 1. The third-order valence-electron chi connectivity index (χ3n) is 5.12. The lowest BCUT2D eigenvalue weighted by Gasteiger charge is -2.34. The van der Waals surface area contributed by atoms with E-state index in [4.69, 9.17) is 30.8 Å². The second-order valence-electron chi connectivity index (χ2n) is 6.77. The molecule has 1 fully saturated rings. The van der Waals surface area contributed by atoms with Gasteiger partial charge in [-0.05, 0) is 30.3 Å². The molecule has 7 nitrogen and oxygen atoms in total. The summed E-state index contributed by atoms with van der Waals surface area (Å²) in [6, 6.07) is 8.97. The summed E-state index contributed by atoms with van der Waals surface area (Å²) in [7, 11) is 1.63.